The predicted octanol–water partition coefficient (Wildman–Crippen LogP) is 0.950. The fraction of sp³-hybridized carbons (Fsp3) is 0.417. The molecule has 0 unspecified atom stereocenters. The zero-order chi connectivity index (χ0) is 12.0. The predicted molar refractivity (Wildman–Crippen MR) is 66.4 cm³/mol. The van der Waals surface area contributed by atoms with Gasteiger partial charge in [-0.1, -0.05) is 0 Å². The van der Waals surface area contributed by atoms with Crippen LogP contribution in [0.5, 0.6) is 0 Å². The number of carbonyl (C=O) groups excluding carboxylic acids is 1. The first-order valence-corrected chi connectivity index (χ1v) is 5.40. The Bertz CT molecular complexity index is 335. The van der Waals surface area contributed by atoms with E-state index in [0.29, 0.717) is 11.3 Å². The highest BCUT2D eigenvalue weighted by Crippen LogP contribution is 2.07. The molecular formula is C12H19N3O. The number of benzene rings is 1. The summed E-state index contributed by atoms with van der Waals surface area (Å²) in [5, 5.41) is 3.05. The molecule has 1 aromatic carbocycles. The number of hydrogen-bond acceptors (Lipinski definition) is 3. The third kappa shape index (κ3) is 3.55. The summed E-state index contributed by atoms with van der Waals surface area (Å²) in [7, 11) is 3.72. The van der Waals surface area contributed by atoms with E-state index in [4.69, 9.17) is 5.73 Å². The molecule has 0 fully saturated rings. The van der Waals surface area contributed by atoms with Crippen LogP contribution in [0.2, 0.25) is 0 Å². The van der Waals surface area contributed by atoms with Crippen molar-refractivity contribution in [2.24, 2.45) is 0 Å². The zero-order valence-corrected chi connectivity index (χ0v) is 9.86. The molecule has 16 heavy (non-hydrogen) atoms. The van der Waals surface area contributed by atoms with Crippen molar-refractivity contribution >= 4 is 11.6 Å². The summed E-state index contributed by atoms with van der Waals surface area (Å²) >= 11 is 0. The largest absolute Gasteiger partial charge is 0.399 e. The van der Waals surface area contributed by atoms with Gasteiger partial charge in [0.15, 0.2) is 0 Å². The lowest BCUT2D eigenvalue weighted by Gasteiger charge is -2.17. The van der Waals surface area contributed by atoms with E-state index in [1.807, 2.05) is 14.1 Å². The number of amides is 1. The van der Waals surface area contributed by atoms with Crippen molar-refractivity contribution in [2.45, 2.75) is 6.42 Å². The molecule has 88 valence electrons. The van der Waals surface area contributed by atoms with Crippen LogP contribution >= 0.6 is 0 Å². The highest BCUT2D eigenvalue weighted by molar-refractivity contribution is 5.94. The van der Waals surface area contributed by atoms with Crippen LogP contribution in [0.15, 0.2) is 24.3 Å². The third-order valence-corrected chi connectivity index (χ3v) is 2.42. The van der Waals surface area contributed by atoms with Gasteiger partial charge in [-0.25, -0.2) is 0 Å². The van der Waals surface area contributed by atoms with Gasteiger partial charge < -0.3 is 16.0 Å². The smallest absolute Gasteiger partial charge is 0.253 e. The molecule has 0 saturated heterocycles. The topological polar surface area (TPSA) is 58.4 Å². The third-order valence-electron chi connectivity index (χ3n) is 2.42. The molecular weight excluding hydrogens is 202 g/mol. The lowest BCUT2D eigenvalue weighted by molar-refractivity contribution is 0.0794. The minimum atomic E-state index is 0.0381. The molecule has 0 aliphatic carbocycles. The number of nitrogens with two attached hydrogens (primary N) is 1. The van der Waals surface area contributed by atoms with Crippen molar-refractivity contribution in [1.29, 1.82) is 0 Å². The monoisotopic (exact) mass is 221 g/mol. The summed E-state index contributed by atoms with van der Waals surface area (Å²) in [4.78, 5) is 13.6. The molecule has 0 aliphatic heterocycles. The van der Waals surface area contributed by atoms with Crippen LogP contribution < -0.4 is 11.1 Å². The molecule has 0 spiro atoms. The molecule has 0 heterocycles. The van der Waals surface area contributed by atoms with Crippen molar-refractivity contribution in [2.75, 3.05) is 32.9 Å². The summed E-state index contributed by atoms with van der Waals surface area (Å²) in [5.74, 6) is 0.0381. The summed E-state index contributed by atoms with van der Waals surface area (Å²) < 4.78 is 0. The lowest BCUT2D eigenvalue weighted by atomic mass is 10.2. The van der Waals surface area contributed by atoms with Gasteiger partial charge in [0, 0.05) is 24.8 Å². The Morgan fingerprint density at radius 3 is 2.56 bits per heavy atom. The summed E-state index contributed by atoms with van der Waals surface area (Å²) in [5.41, 5.74) is 6.92. The highest BCUT2D eigenvalue weighted by atomic mass is 16.2. The Morgan fingerprint density at radius 1 is 1.38 bits per heavy atom. The van der Waals surface area contributed by atoms with Crippen LogP contribution in [0.4, 0.5) is 5.69 Å². The number of carbonyl (C=O) groups is 1. The Morgan fingerprint density at radius 2 is 2.00 bits per heavy atom. The van der Waals surface area contributed by atoms with E-state index in [-0.39, 0.29) is 5.91 Å². The van der Waals surface area contributed by atoms with Crippen LogP contribution in [0, 0.1) is 0 Å². The van der Waals surface area contributed by atoms with Crippen LogP contribution in [0.1, 0.15) is 16.8 Å². The van der Waals surface area contributed by atoms with E-state index >= 15 is 0 Å². The maximum absolute atomic E-state index is 11.9. The van der Waals surface area contributed by atoms with E-state index in [1.165, 1.54) is 0 Å². The van der Waals surface area contributed by atoms with Crippen molar-refractivity contribution < 1.29 is 4.79 Å². The molecule has 3 N–H and O–H groups in total. The summed E-state index contributed by atoms with van der Waals surface area (Å²) in [6.45, 7) is 1.67. The summed E-state index contributed by atoms with van der Waals surface area (Å²) in [6, 6.07) is 7.00. The molecule has 0 radical (unpaired) electrons. The second-order valence-electron chi connectivity index (χ2n) is 3.81. The first-order chi connectivity index (χ1) is 7.65. The van der Waals surface area contributed by atoms with E-state index in [2.05, 4.69) is 5.32 Å². The van der Waals surface area contributed by atoms with E-state index < -0.39 is 0 Å². The number of rotatable bonds is 5. The fourth-order valence-electron chi connectivity index (χ4n) is 1.44. The molecule has 4 heteroatoms. The minimum absolute atomic E-state index is 0.0381. The molecule has 1 amide bonds. The highest BCUT2D eigenvalue weighted by Gasteiger charge is 2.10. The molecule has 1 rings (SSSR count). The van der Waals surface area contributed by atoms with Gasteiger partial charge in [0.05, 0.1) is 0 Å². The van der Waals surface area contributed by atoms with Gasteiger partial charge in [0.25, 0.3) is 5.91 Å². The van der Waals surface area contributed by atoms with Crippen LogP contribution in [0.3, 0.4) is 0 Å². The van der Waals surface area contributed by atoms with E-state index in [1.54, 1.807) is 29.2 Å². The van der Waals surface area contributed by atoms with Crippen LogP contribution in [-0.4, -0.2) is 38.0 Å². The Labute approximate surface area is 96.4 Å². The SMILES string of the molecule is CNCCCN(C)C(=O)c1ccc(N)cc1. The Hall–Kier alpha value is -1.55. The summed E-state index contributed by atoms with van der Waals surface area (Å²) in [6.07, 6.45) is 0.952. The quantitative estimate of drug-likeness (QED) is 0.575. The van der Waals surface area contributed by atoms with Crippen molar-refractivity contribution in [3.05, 3.63) is 29.8 Å². The van der Waals surface area contributed by atoms with Gasteiger partial charge in [-0.3, -0.25) is 4.79 Å². The molecule has 0 saturated carbocycles. The number of anilines is 1. The second kappa shape index (κ2) is 6.12. The number of nitrogens with one attached hydrogen (secondary N) is 1. The van der Waals surface area contributed by atoms with Gasteiger partial charge in [0.2, 0.25) is 0 Å². The average molecular weight is 221 g/mol. The molecule has 0 bridgehead atoms. The van der Waals surface area contributed by atoms with Crippen LogP contribution in [-0.2, 0) is 0 Å². The van der Waals surface area contributed by atoms with Crippen molar-refractivity contribution in [3.8, 4) is 0 Å². The minimum Gasteiger partial charge on any atom is -0.399 e. The molecule has 1 aromatic rings. The van der Waals surface area contributed by atoms with Gasteiger partial charge in [-0.05, 0) is 44.3 Å². The average Bonchev–Trinajstić information content (AvgIpc) is 2.29. The maximum atomic E-state index is 11.9. The maximum Gasteiger partial charge on any atom is 0.253 e. The Balaban J connectivity index is 2.53. The molecule has 0 atom stereocenters. The normalized spacial score (nSPS) is 10.1. The number of nitrogen functional groups attached to an aromatic ring is 1. The van der Waals surface area contributed by atoms with E-state index in [0.717, 1.165) is 19.5 Å². The van der Waals surface area contributed by atoms with Gasteiger partial charge in [-0.15, -0.1) is 0 Å². The lowest BCUT2D eigenvalue weighted by Crippen LogP contribution is -2.29. The van der Waals surface area contributed by atoms with E-state index in [9.17, 15) is 4.79 Å². The van der Waals surface area contributed by atoms with Gasteiger partial charge in [0.1, 0.15) is 0 Å². The van der Waals surface area contributed by atoms with Crippen molar-refractivity contribution in [1.82, 2.24) is 10.2 Å². The Kier molecular flexibility index (Phi) is 4.79. The number of hydrogen-bond donors (Lipinski definition) is 2. The first kappa shape index (κ1) is 12.5. The molecule has 0 aromatic heterocycles. The first-order valence-electron chi connectivity index (χ1n) is 5.40. The van der Waals surface area contributed by atoms with Crippen LogP contribution in [0.25, 0.3) is 0 Å². The second-order valence-corrected chi connectivity index (χ2v) is 3.81. The zero-order valence-electron chi connectivity index (χ0n) is 9.86. The van der Waals surface area contributed by atoms with Gasteiger partial charge >= 0.3 is 0 Å². The number of nitrogens with zero attached hydrogens (tertiary/aromatic N) is 1. The molecule has 4 nitrogen and oxygen atoms in total. The standard InChI is InChI=1S/C12H19N3O/c1-14-8-3-9-15(2)12(16)10-4-6-11(13)7-5-10/h4-7,14H,3,8-9,13H2,1-2H3. The van der Waals surface area contributed by atoms with Gasteiger partial charge in [-0.2, -0.15) is 0 Å². The molecule has 0 aliphatic rings. The fourth-order valence-corrected chi connectivity index (χ4v) is 1.44. The van der Waals surface area contributed by atoms with Crippen molar-refractivity contribution in [3.63, 3.8) is 0 Å².